The van der Waals surface area contributed by atoms with Gasteiger partial charge in [-0.25, -0.2) is 13.1 Å². The molecule has 0 spiro atoms. The van der Waals surface area contributed by atoms with Crippen molar-refractivity contribution in [2.45, 2.75) is 45.1 Å². The number of sulfone groups is 1. The molecule has 0 N–H and O–H groups in total. The van der Waals surface area contributed by atoms with Crippen molar-refractivity contribution in [3.8, 4) is 5.88 Å². The molecule has 0 atom stereocenters. The van der Waals surface area contributed by atoms with Crippen LogP contribution in [0.1, 0.15) is 48.9 Å². The van der Waals surface area contributed by atoms with E-state index in [-0.39, 0.29) is 28.7 Å². The summed E-state index contributed by atoms with van der Waals surface area (Å²) in [5.74, 6) is -0.149. The van der Waals surface area contributed by atoms with Crippen molar-refractivity contribution >= 4 is 42.7 Å². The Balaban J connectivity index is 2.15. The molecule has 1 aliphatic heterocycles. The molecule has 2 aromatic rings. The van der Waals surface area contributed by atoms with Gasteiger partial charge in [-0.05, 0) is 37.5 Å². The van der Waals surface area contributed by atoms with Crippen LogP contribution in [0.5, 0.6) is 5.88 Å². The second-order valence-electron chi connectivity index (χ2n) is 7.25. The molecule has 12 heteroatoms. The van der Waals surface area contributed by atoms with Gasteiger partial charge in [0.2, 0.25) is 5.88 Å². The van der Waals surface area contributed by atoms with Gasteiger partial charge in [-0.2, -0.15) is 13.5 Å². The average Bonchev–Trinajstić information content (AvgIpc) is 3.11. The van der Waals surface area contributed by atoms with Gasteiger partial charge in [-0.1, -0.05) is 30.4 Å². The molecule has 0 aliphatic carbocycles. The van der Waals surface area contributed by atoms with Gasteiger partial charge in [0.1, 0.15) is 7.11 Å². The van der Waals surface area contributed by atoms with Crippen molar-refractivity contribution in [1.29, 1.82) is 0 Å². The first-order valence-corrected chi connectivity index (χ1v) is 13.7. The molecule has 1 aromatic carbocycles. The first-order valence-electron chi connectivity index (χ1n) is 10.1. The van der Waals surface area contributed by atoms with Crippen molar-refractivity contribution in [3.63, 3.8) is 0 Å². The largest absolute Gasteiger partial charge is 0.399 e. The minimum absolute atomic E-state index is 0.0430. The fourth-order valence-electron chi connectivity index (χ4n) is 3.62. The van der Waals surface area contributed by atoms with Crippen molar-refractivity contribution in [1.82, 2.24) is 9.78 Å². The molecule has 1 aromatic heterocycles. The second kappa shape index (κ2) is 9.28. The predicted octanol–water partition coefficient (Wildman–Crippen LogP) is 2.62. The van der Waals surface area contributed by atoms with Crippen LogP contribution in [0.4, 0.5) is 0 Å². The minimum atomic E-state index is -3.82. The quantitative estimate of drug-likeness (QED) is 0.235. The molecule has 0 saturated heterocycles. The van der Waals surface area contributed by atoms with Gasteiger partial charge in [0.05, 0.1) is 38.7 Å². The number of aromatic nitrogens is 2. The van der Waals surface area contributed by atoms with E-state index in [1.54, 1.807) is 19.9 Å². The van der Waals surface area contributed by atoms with Gasteiger partial charge < -0.3 is 9.02 Å². The number of thiocarbonyl (C=S) groups is 1. The van der Waals surface area contributed by atoms with E-state index in [4.69, 9.17) is 21.2 Å². The number of rotatable bonds is 8. The van der Waals surface area contributed by atoms with Crippen LogP contribution < -0.4 is 4.18 Å². The molecule has 2 heterocycles. The number of oxime groups is 1. The van der Waals surface area contributed by atoms with Crippen LogP contribution in [0.25, 0.3) is 0 Å². The highest BCUT2D eigenvalue weighted by molar-refractivity contribution is 7.91. The average molecular weight is 500 g/mol. The van der Waals surface area contributed by atoms with Crippen LogP contribution in [0, 0.1) is 6.92 Å². The number of benzene rings is 1. The molecule has 32 heavy (non-hydrogen) atoms. The zero-order valence-corrected chi connectivity index (χ0v) is 20.7. The number of aryl methyl sites for hydroxylation is 1. The standard InChI is InChI=1S/C20H25N3O6S3/c1-5-10-32(26,27)29-20-15(12-21-23(20)6-2)19(30)14-7-8-17-18(13(14)3)16(22-28-4)9-11-31(17,24)25/h7-8,12H,5-6,9-11H2,1-4H3. The van der Waals surface area contributed by atoms with Gasteiger partial charge in [0.25, 0.3) is 0 Å². The summed E-state index contributed by atoms with van der Waals surface area (Å²) in [6, 6.07) is 3.12. The van der Waals surface area contributed by atoms with Crippen LogP contribution >= 0.6 is 12.2 Å². The van der Waals surface area contributed by atoms with Crippen LogP contribution in [-0.4, -0.2) is 55.8 Å². The lowest BCUT2D eigenvalue weighted by Gasteiger charge is -2.22. The highest BCUT2D eigenvalue weighted by Crippen LogP contribution is 2.33. The second-order valence-corrected chi connectivity index (χ2v) is 11.4. The Hall–Kier alpha value is -2.31. The molecular weight excluding hydrogens is 474 g/mol. The third kappa shape index (κ3) is 4.57. The number of hydrogen-bond acceptors (Lipinski definition) is 9. The fourth-order valence-corrected chi connectivity index (χ4v) is 6.52. The first kappa shape index (κ1) is 24.3. The van der Waals surface area contributed by atoms with Crippen LogP contribution in [0.2, 0.25) is 0 Å². The summed E-state index contributed by atoms with van der Waals surface area (Å²) < 4.78 is 56.7. The van der Waals surface area contributed by atoms with E-state index < -0.39 is 20.0 Å². The predicted molar refractivity (Wildman–Crippen MR) is 125 cm³/mol. The molecular formula is C20H25N3O6S3. The highest BCUT2D eigenvalue weighted by atomic mass is 32.2. The van der Waals surface area contributed by atoms with Crippen LogP contribution in [0.3, 0.4) is 0 Å². The van der Waals surface area contributed by atoms with Crippen LogP contribution in [-0.2, 0) is 31.3 Å². The fraction of sp³-hybridized carbons (Fsp3) is 0.450. The summed E-state index contributed by atoms with van der Waals surface area (Å²) in [5, 5.41) is 8.23. The molecule has 0 saturated carbocycles. The smallest absolute Gasteiger partial charge is 0.310 e. The summed E-state index contributed by atoms with van der Waals surface area (Å²) in [6.07, 6.45) is 2.09. The Morgan fingerprint density at radius 2 is 2.00 bits per heavy atom. The van der Waals surface area contributed by atoms with Gasteiger partial charge in [-0.3, -0.25) is 0 Å². The summed E-state index contributed by atoms with van der Waals surface area (Å²) in [7, 11) is -5.88. The summed E-state index contributed by atoms with van der Waals surface area (Å²) in [5.41, 5.74) is 2.49. The van der Waals surface area contributed by atoms with E-state index >= 15 is 0 Å². The zero-order chi connectivity index (χ0) is 23.7. The Morgan fingerprint density at radius 1 is 1.28 bits per heavy atom. The van der Waals surface area contributed by atoms with E-state index in [1.807, 2.05) is 6.92 Å². The molecule has 0 fully saturated rings. The molecule has 3 rings (SSSR count). The van der Waals surface area contributed by atoms with Crippen molar-refractivity contribution < 1.29 is 25.9 Å². The maximum absolute atomic E-state index is 12.6. The summed E-state index contributed by atoms with van der Waals surface area (Å²) in [6.45, 7) is 5.69. The van der Waals surface area contributed by atoms with Crippen LogP contribution in [0.15, 0.2) is 28.4 Å². The van der Waals surface area contributed by atoms with Crippen molar-refractivity contribution in [2.75, 3.05) is 18.6 Å². The molecule has 9 nitrogen and oxygen atoms in total. The molecule has 174 valence electrons. The maximum atomic E-state index is 12.6. The molecule has 0 unspecified atom stereocenters. The number of hydrogen-bond donors (Lipinski definition) is 0. The van der Waals surface area contributed by atoms with Crippen molar-refractivity contribution in [3.05, 3.63) is 40.6 Å². The SMILES string of the molecule is CCCS(=O)(=O)Oc1c(C(=S)c2ccc3c(c2C)C(=NOC)CCS3(=O)=O)cnn1CC. The Morgan fingerprint density at radius 3 is 2.62 bits per heavy atom. The van der Waals surface area contributed by atoms with Crippen molar-refractivity contribution in [2.24, 2.45) is 5.16 Å². The molecule has 0 bridgehead atoms. The Labute approximate surface area is 193 Å². The monoisotopic (exact) mass is 499 g/mol. The normalized spacial score (nSPS) is 16.6. The van der Waals surface area contributed by atoms with E-state index in [0.29, 0.717) is 45.8 Å². The molecule has 1 aliphatic rings. The van der Waals surface area contributed by atoms with Gasteiger partial charge in [0, 0.05) is 18.5 Å². The lowest BCUT2D eigenvalue weighted by atomic mass is 9.94. The topological polar surface area (TPSA) is 117 Å². The molecule has 0 amide bonds. The third-order valence-electron chi connectivity index (χ3n) is 5.10. The van der Waals surface area contributed by atoms with Gasteiger partial charge in [-0.15, -0.1) is 0 Å². The summed E-state index contributed by atoms with van der Waals surface area (Å²) >= 11 is 5.69. The third-order valence-corrected chi connectivity index (χ3v) is 8.61. The Kier molecular flexibility index (Phi) is 7.06. The lowest BCUT2D eigenvalue weighted by Crippen LogP contribution is -2.24. The Bertz CT molecular complexity index is 1290. The van der Waals surface area contributed by atoms with Gasteiger partial charge in [0.15, 0.2) is 9.84 Å². The zero-order valence-electron chi connectivity index (χ0n) is 18.3. The van der Waals surface area contributed by atoms with E-state index in [0.717, 1.165) is 0 Å². The van der Waals surface area contributed by atoms with E-state index in [1.165, 1.54) is 24.1 Å². The minimum Gasteiger partial charge on any atom is -0.399 e. The summed E-state index contributed by atoms with van der Waals surface area (Å²) in [4.78, 5) is 5.39. The lowest BCUT2D eigenvalue weighted by molar-refractivity contribution is 0.213. The highest BCUT2D eigenvalue weighted by Gasteiger charge is 2.32. The molecule has 0 radical (unpaired) electrons. The first-order chi connectivity index (χ1) is 15.1. The van der Waals surface area contributed by atoms with E-state index in [9.17, 15) is 16.8 Å². The maximum Gasteiger partial charge on any atom is 0.310 e. The van der Waals surface area contributed by atoms with Gasteiger partial charge >= 0.3 is 10.1 Å². The van der Waals surface area contributed by atoms with E-state index in [2.05, 4.69) is 10.3 Å². The number of nitrogens with zero attached hydrogens (tertiary/aromatic N) is 3. The number of fused-ring (bicyclic) bond motifs is 1.